The van der Waals surface area contributed by atoms with E-state index in [0.29, 0.717) is 0 Å². The maximum absolute atomic E-state index is 10.2. The van der Waals surface area contributed by atoms with Crippen LogP contribution in [0.1, 0.15) is 0 Å². The Bertz CT molecular complexity index is 317. The first-order valence-electron chi connectivity index (χ1n) is 3.50. The third-order valence-corrected chi connectivity index (χ3v) is 3.93. The monoisotopic (exact) mass is 194 g/mol. The van der Waals surface area contributed by atoms with E-state index in [0.717, 1.165) is 10.5 Å². The number of carbonyl (C=O) groups is 1. The summed E-state index contributed by atoms with van der Waals surface area (Å²) in [6, 6.07) is 8.16. The Morgan fingerprint density at radius 2 is 1.67 bits per heavy atom. The molecule has 1 nitrogen and oxygen atoms in total. The van der Waals surface area contributed by atoms with Crippen LogP contribution in [-0.4, -0.2) is 6.29 Å². The molecule has 0 saturated heterocycles. The fourth-order valence-corrected chi connectivity index (χ4v) is 3.25. The molecule has 0 saturated carbocycles. The van der Waals surface area contributed by atoms with E-state index < -0.39 is 0 Å². The van der Waals surface area contributed by atoms with Gasteiger partial charge in [0.05, 0.1) is 4.24 Å². The molecule has 2 rings (SSSR count). The predicted molar refractivity (Wildman–Crippen MR) is 52.3 cm³/mol. The van der Waals surface area contributed by atoms with Crippen molar-refractivity contribution in [1.82, 2.24) is 0 Å². The number of benzene rings is 1. The lowest BCUT2D eigenvalue weighted by atomic mass is 10.4. The summed E-state index contributed by atoms with van der Waals surface area (Å²) in [6.45, 7) is 0. The zero-order chi connectivity index (χ0) is 8.39. The van der Waals surface area contributed by atoms with Crippen LogP contribution in [0.5, 0.6) is 0 Å². The second-order valence-corrected chi connectivity index (χ2v) is 4.70. The molecule has 12 heavy (non-hydrogen) atoms. The van der Waals surface area contributed by atoms with E-state index in [4.69, 9.17) is 0 Å². The largest absolute Gasteiger partial charge is 0.298 e. The van der Waals surface area contributed by atoms with Crippen molar-refractivity contribution < 1.29 is 4.79 Å². The molecule has 0 amide bonds. The molecule has 1 aromatic rings. The van der Waals surface area contributed by atoms with Crippen molar-refractivity contribution in [1.29, 1.82) is 0 Å². The number of hydrogen-bond donors (Lipinski definition) is 0. The summed E-state index contributed by atoms with van der Waals surface area (Å²) in [6.07, 6.45) is 2.44. The summed E-state index contributed by atoms with van der Waals surface area (Å²) in [5.74, 6) is 0. The molecule has 1 aliphatic rings. The maximum Gasteiger partial charge on any atom is 0.144 e. The highest BCUT2D eigenvalue weighted by molar-refractivity contribution is 8.24. The van der Waals surface area contributed by atoms with E-state index in [-0.39, 0.29) is 0 Å². The summed E-state index contributed by atoms with van der Waals surface area (Å²) >= 11 is 3.31. The Kier molecular flexibility index (Phi) is 2.23. The van der Waals surface area contributed by atoms with E-state index in [1.54, 1.807) is 29.6 Å². The van der Waals surface area contributed by atoms with Crippen LogP contribution in [-0.2, 0) is 4.79 Å². The van der Waals surface area contributed by atoms with Crippen molar-refractivity contribution in [3.05, 3.63) is 34.6 Å². The van der Waals surface area contributed by atoms with Gasteiger partial charge in [-0.25, -0.2) is 0 Å². The number of allylic oxidation sites excluding steroid dienone is 1. The first kappa shape index (κ1) is 7.95. The molecule has 0 N–H and O–H groups in total. The molecular weight excluding hydrogens is 188 g/mol. The highest BCUT2D eigenvalue weighted by Crippen LogP contribution is 2.50. The molecule has 1 heterocycles. The van der Waals surface area contributed by atoms with Gasteiger partial charge in [0, 0.05) is 9.79 Å². The van der Waals surface area contributed by atoms with Gasteiger partial charge in [0.1, 0.15) is 6.29 Å². The van der Waals surface area contributed by atoms with Gasteiger partial charge >= 0.3 is 0 Å². The molecule has 0 radical (unpaired) electrons. The van der Waals surface area contributed by atoms with Crippen LogP contribution in [0, 0.1) is 0 Å². The van der Waals surface area contributed by atoms with Crippen molar-refractivity contribution in [3.63, 3.8) is 0 Å². The molecule has 0 spiro atoms. The SMILES string of the molecule is O=CC=C1Sc2ccccc2S1. The Hall–Kier alpha value is -0.670. The summed E-state index contributed by atoms with van der Waals surface area (Å²) in [4.78, 5) is 12.7. The quantitative estimate of drug-likeness (QED) is 0.505. The summed E-state index contributed by atoms with van der Waals surface area (Å²) in [7, 11) is 0. The number of aldehydes is 1. The van der Waals surface area contributed by atoms with Crippen LogP contribution in [0.25, 0.3) is 0 Å². The van der Waals surface area contributed by atoms with Crippen LogP contribution in [0.15, 0.2) is 44.4 Å². The molecule has 0 aromatic heterocycles. The molecule has 0 bridgehead atoms. The Morgan fingerprint density at radius 1 is 1.08 bits per heavy atom. The normalized spacial score (nSPS) is 14.2. The molecule has 60 valence electrons. The average molecular weight is 194 g/mol. The Balaban J connectivity index is 2.33. The zero-order valence-corrected chi connectivity index (χ0v) is 7.82. The summed E-state index contributed by atoms with van der Waals surface area (Å²) in [5, 5.41) is 0. The van der Waals surface area contributed by atoms with Gasteiger partial charge in [0.25, 0.3) is 0 Å². The van der Waals surface area contributed by atoms with Gasteiger partial charge in [-0.2, -0.15) is 0 Å². The van der Waals surface area contributed by atoms with Crippen LogP contribution in [0.3, 0.4) is 0 Å². The second-order valence-electron chi connectivity index (χ2n) is 2.27. The van der Waals surface area contributed by atoms with E-state index in [2.05, 4.69) is 12.1 Å². The lowest BCUT2D eigenvalue weighted by Crippen LogP contribution is -1.65. The first-order chi connectivity index (χ1) is 5.90. The van der Waals surface area contributed by atoms with Gasteiger partial charge in [0.15, 0.2) is 0 Å². The van der Waals surface area contributed by atoms with E-state index in [1.165, 1.54) is 9.79 Å². The minimum Gasteiger partial charge on any atom is -0.298 e. The fraction of sp³-hybridized carbons (Fsp3) is 0. The lowest BCUT2D eigenvalue weighted by molar-refractivity contribution is -0.104. The van der Waals surface area contributed by atoms with E-state index in [9.17, 15) is 4.79 Å². The summed E-state index contributed by atoms with van der Waals surface area (Å²) in [5.41, 5.74) is 0. The first-order valence-corrected chi connectivity index (χ1v) is 5.13. The Morgan fingerprint density at radius 3 is 2.17 bits per heavy atom. The van der Waals surface area contributed by atoms with Gasteiger partial charge in [-0.3, -0.25) is 4.79 Å². The molecule has 1 aliphatic heterocycles. The van der Waals surface area contributed by atoms with Crippen LogP contribution in [0.4, 0.5) is 0 Å². The minimum atomic E-state index is 0.835. The standard InChI is InChI=1S/C9H6OS2/c10-6-5-9-11-7-3-1-2-4-8(7)12-9/h1-6H. The van der Waals surface area contributed by atoms with Gasteiger partial charge in [-0.1, -0.05) is 35.7 Å². The minimum absolute atomic E-state index is 0.835. The number of rotatable bonds is 1. The molecule has 0 unspecified atom stereocenters. The van der Waals surface area contributed by atoms with Crippen molar-refractivity contribution in [3.8, 4) is 0 Å². The van der Waals surface area contributed by atoms with Crippen molar-refractivity contribution in [2.24, 2.45) is 0 Å². The highest BCUT2D eigenvalue weighted by atomic mass is 32.2. The van der Waals surface area contributed by atoms with Crippen LogP contribution >= 0.6 is 23.5 Å². The van der Waals surface area contributed by atoms with E-state index in [1.807, 2.05) is 12.1 Å². The molecule has 0 aliphatic carbocycles. The molecule has 1 aromatic carbocycles. The summed E-state index contributed by atoms with van der Waals surface area (Å²) < 4.78 is 1.06. The van der Waals surface area contributed by atoms with Crippen molar-refractivity contribution in [2.75, 3.05) is 0 Å². The van der Waals surface area contributed by atoms with Gasteiger partial charge in [-0.15, -0.1) is 0 Å². The van der Waals surface area contributed by atoms with Crippen LogP contribution < -0.4 is 0 Å². The molecular formula is C9H6OS2. The fourth-order valence-electron chi connectivity index (χ4n) is 0.980. The third-order valence-electron chi connectivity index (χ3n) is 1.47. The molecule has 0 fully saturated rings. The van der Waals surface area contributed by atoms with Gasteiger partial charge < -0.3 is 0 Å². The predicted octanol–water partition coefficient (Wildman–Crippen LogP) is 2.92. The second kappa shape index (κ2) is 3.37. The van der Waals surface area contributed by atoms with Gasteiger partial charge in [-0.05, 0) is 18.2 Å². The Labute approximate surface area is 79.2 Å². The van der Waals surface area contributed by atoms with Gasteiger partial charge in [0.2, 0.25) is 0 Å². The molecule has 0 atom stereocenters. The number of carbonyl (C=O) groups excluding carboxylic acids is 1. The number of fused-ring (bicyclic) bond motifs is 1. The topological polar surface area (TPSA) is 17.1 Å². The van der Waals surface area contributed by atoms with E-state index >= 15 is 0 Å². The van der Waals surface area contributed by atoms with Crippen molar-refractivity contribution >= 4 is 29.8 Å². The number of hydrogen-bond acceptors (Lipinski definition) is 3. The van der Waals surface area contributed by atoms with Crippen molar-refractivity contribution in [2.45, 2.75) is 9.79 Å². The lowest BCUT2D eigenvalue weighted by Gasteiger charge is -1.90. The maximum atomic E-state index is 10.2. The zero-order valence-electron chi connectivity index (χ0n) is 6.19. The third kappa shape index (κ3) is 1.42. The van der Waals surface area contributed by atoms with Crippen LogP contribution in [0.2, 0.25) is 0 Å². The molecule has 3 heteroatoms. The number of thioether (sulfide) groups is 2. The smallest absolute Gasteiger partial charge is 0.144 e. The highest BCUT2D eigenvalue weighted by Gasteiger charge is 2.15. The average Bonchev–Trinajstić information content (AvgIpc) is 2.47.